The van der Waals surface area contributed by atoms with Gasteiger partial charge in [-0.25, -0.2) is 13.9 Å². The Morgan fingerprint density at radius 1 is 1.42 bits per heavy atom. The van der Waals surface area contributed by atoms with Crippen LogP contribution in [0.3, 0.4) is 0 Å². The van der Waals surface area contributed by atoms with Crippen LogP contribution in [0.25, 0.3) is 5.69 Å². The van der Waals surface area contributed by atoms with Gasteiger partial charge < -0.3 is 10.0 Å². The van der Waals surface area contributed by atoms with Gasteiger partial charge in [0.25, 0.3) is 11.6 Å². The first kappa shape index (κ1) is 17.5. The van der Waals surface area contributed by atoms with E-state index in [0.29, 0.717) is 11.4 Å². The number of rotatable bonds is 4. The SMILES string of the molecule is Cc1c(C(=O)N2CCC(F)(C(=O)O)C2)nnn1-c1cccc([N+](=O)[O-])c1. The minimum atomic E-state index is -2.47. The summed E-state index contributed by atoms with van der Waals surface area (Å²) < 4.78 is 15.4. The van der Waals surface area contributed by atoms with Crippen LogP contribution in [0, 0.1) is 17.0 Å². The van der Waals surface area contributed by atoms with Gasteiger partial charge >= 0.3 is 5.97 Å². The van der Waals surface area contributed by atoms with Crippen LogP contribution in [0.4, 0.5) is 10.1 Å². The minimum Gasteiger partial charge on any atom is -0.479 e. The Bertz CT molecular complexity index is 914. The maximum Gasteiger partial charge on any atom is 0.343 e. The highest BCUT2D eigenvalue weighted by Gasteiger charge is 2.47. The van der Waals surface area contributed by atoms with Crippen LogP contribution < -0.4 is 0 Å². The molecule has 3 rings (SSSR count). The third-order valence-corrected chi connectivity index (χ3v) is 4.27. The minimum absolute atomic E-state index is 0.0509. The number of non-ortho nitro benzene ring substituents is 1. The van der Waals surface area contributed by atoms with Crippen molar-refractivity contribution in [3.05, 3.63) is 45.8 Å². The molecule has 1 N–H and O–H groups in total. The normalized spacial score (nSPS) is 19.5. The molecule has 1 aromatic carbocycles. The van der Waals surface area contributed by atoms with Crippen LogP contribution >= 0.6 is 0 Å². The number of amides is 1. The van der Waals surface area contributed by atoms with Crippen LogP contribution in [-0.2, 0) is 4.79 Å². The number of alkyl halides is 1. The molecule has 26 heavy (non-hydrogen) atoms. The monoisotopic (exact) mass is 363 g/mol. The van der Waals surface area contributed by atoms with E-state index < -0.39 is 29.0 Å². The Morgan fingerprint density at radius 2 is 2.15 bits per heavy atom. The van der Waals surface area contributed by atoms with Gasteiger partial charge in [-0.15, -0.1) is 5.10 Å². The number of likely N-dealkylation sites (tertiary alicyclic amines) is 1. The molecule has 0 aliphatic carbocycles. The maximum absolute atomic E-state index is 14.2. The highest BCUT2D eigenvalue weighted by atomic mass is 19.1. The standard InChI is InChI=1S/C15H14FN5O5/c1-9-12(13(22)19-6-5-15(16,8-19)14(23)24)17-18-20(9)10-3-2-4-11(7-10)21(25)26/h2-4,7H,5-6,8H2,1H3,(H,23,24). The molecule has 136 valence electrons. The second-order valence-corrected chi connectivity index (χ2v) is 5.96. The molecule has 10 nitrogen and oxygen atoms in total. The lowest BCUT2D eigenvalue weighted by Crippen LogP contribution is -2.39. The van der Waals surface area contributed by atoms with Gasteiger partial charge in [-0.3, -0.25) is 14.9 Å². The van der Waals surface area contributed by atoms with Crippen molar-refractivity contribution < 1.29 is 24.0 Å². The van der Waals surface area contributed by atoms with Gasteiger partial charge in [-0.1, -0.05) is 11.3 Å². The number of benzene rings is 1. The van der Waals surface area contributed by atoms with Gasteiger partial charge in [0.15, 0.2) is 5.69 Å². The summed E-state index contributed by atoms with van der Waals surface area (Å²) in [6, 6.07) is 5.64. The summed E-state index contributed by atoms with van der Waals surface area (Å²) in [5.74, 6) is -2.25. The molecule has 0 spiro atoms. The Kier molecular flexibility index (Phi) is 4.14. The molecule has 0 saturated carbocycles. The van der Waals surface area contributed by atoms with Gasteiger partial charge in [0.05, 0.1) is 22.8 Å². The Labute approximate surface area is 146 Å². The number of carbonyl (C=O) groups excluding carboxylic acids is 1. The predicted octanol–water partition coefficient (Wildman–Crippen LogP) is 1.12. The second kappa shape index (κ2) is 6.17. The largest absolute Gasteiger partial charge is 0.479 e. The van der Waals surface area contributed by atoms with E-state index in [1.807, 2.05) is 0 Å². The second-order valence-electron chi connectivity index (χ2n) is 5.96. The lowest BCUT2D eigenvalue weighted by molar-refractivity contribution is -0.384. The summed E-state index contributed by atoms with van der Waals surface area (Å²) in [6.45, 7) is 0.928. The molecule has 0 radical (unpaired) electrons. The number of nitro benzene ring substituents is 1. The third-order valence-electron chi connectivity index (χ3n) is 4.27. The van der Waals surface area contributed by atoms with Gasteiger partial charge in [-0.2, -0.15) is 0 Å². The number of hydrogen-bond acceptors (Lipinski definition) is 6. The van der Waals surface area contributed by atoms with Gasteiger partial charge in [0.2, 0.25) is 5.67 Å². The summed E-state index contributed by atoms with van der Waals surface area (Å²) in [4.78, 5) is 34.9. The predicted molar refractivity (Wildman–Crippen MR) is 84.7 cm³/mol. The van der Waals surface area contributed by atoms with Crippen molar-refractivity contribution in [1.82, 2.24) is 19.9 Å². The summed E-state index contributed by atoms with van der Waals surface area (Å²) in [6.07, 6.45) is -0.299. The number of aromatic nitrogens is 3. The topological polar surface area (TPSA) is 131 Å². The van der Waals surface area contributed by atoms with Crippen LogP contribution in [0.2, 0.25) is 0 Å². The van der Waals surface area contributed by atoms with E-state index >= 15 is 0 Å². The summed E-state index contributed by atoms with van der Waals surface area (Å²) in [5, 5.41) is 27.4. The lowest BCUT2D eigenvalue weighted by Gasteiger charge is -2.16. The first-order chi connectivity index (χ1) is 12.2. The number of hydrogen-bond donors (Lipinski definition) is 1. The molecule has 1 atom stereocenters. The molecule has 1 fully saturated rings. The fourth-order valence-corrected chi connectivity index (χ4v) is 2.78. The van der Waals surface area contributed by atoms with E-state index in [4.69, 9.17) is 5.11 Å². The molecule has 1 aliphatic heterocycles. The van der Waals surface area contributed by atoms with Gasteiger partial charge in [0.1, 0.15) is 0 Å². The van der Waals surface area contributed by atoms with Crippen molar-refractivity contribution in [3.63, 3.8) is 0 Å². The summed E-state index contributed by atoms with van der Waals surface area (Å²) in [7, 11) is 0. The number of carboxylic acid groups (broad SMARTS) is 1. The fraction of sp³-hybridized carbons (Fsp3) is 0.333. The van der Waals surface area contributed by atoms with Crippen molar-refractivity contribution in [2.24, 2.45) is 0 Å². The fourth-order valence-electron chi connectivity index (χ4n) is 2.78. The smallest absolute Gasteiger partial charge is 0.343 e. The van der Waals surface area contributed by atoms with Gasteiger partial charge in [0, 0.05) is 25.1 Å². The van der Waals surface area contributed by atoms with Crippen LogP contribution in [-0.4, -0.2) is 60.6 Å². The molecule has 1 unspecified atom stereocenters. The van der Waals surface area contributed by atoms with Gasteiger partial charge in [-0.05, 0) is 13.0 Å². The van der Waals surface area contributed by atoms with E-state index in [1.165, 1.54) is 22.9 Å². The Hall–Kier alpha value is -3.37. The molecular formula is C15H14FN5O5. The zero-order valence-electron chi connectivity index (χ0n) is 13.6. The number of nitrogens with zero attached hydrogens (tertiary/aromatic N) is 5. The molecule has 2 heterocycles. The molecule has 2 aromatic rings. The molecular weight excluding hydrogens is 349 g/mol. The van der Waals surface area contributed by atoms with Crippen LogP contribution in [0.15, 0.2) is 24.3 Å². The number of nitro groups is 1. The molecule has 0 bridgehead atoms. The highest BCUT2D eigenvalue weighted by Crippen LogP contribution is 2.27. The molecule has 11 heteroatoms. The Morgan fingerprint density at radius 3 is 2.77 bits per heavy atom. The van der Waals surface area contributed by atoms with E-state index in [2.05, 4.69) is 10.3 Å². The maximum atomic E-state index is 14.2. The van der Waals surface area contributed by atoms with Crippen molar-refractivity contribution in [2.75, 3.05) is 13.1 Å². The average Bonchev–Trinajstić information content (AvgIpc) is 3.19. The number of carbonyl (C=O) groups is 2. The summed E-state index contributed by atoms with van der Waals surface area (Å²) >= 11 is 0. The zero-order chi connectivity index (χ0) is 19.1. The van der Waals surface area contributed by atoms with Crippen LogP contribution in [0.1, 0.15) is 22.6 Å². The average molecular weight is 363 g/mol. The molecule has 1 amide bonds. The lowest BCUT2D eigenvalue weighted by atomic mass is 10.1. The van der Waals surface area contributed by atoms with Crippen molar-refractivity contribution in [1.29, 1.82) is 0 Å². The van der Waals surface area contributed by atoms with Crippen molar-refractivity contribution >= 4 is 17.6 Å². The third kappa shape index (κ3) is 2.87. The molecule has 1 aliphatic rings. The highest BCUT2D eigenvalue weighted by molar-refractivity contribution is 5.94. The van der Waals surface area contributed by atoms with Crippen molar-refractivity contribution in [3.8, 4) is 5.69 Å². The van der Waals surface area contributed by atoms with E-state index in [9.17, 15) is 24.1 Å². The van der Waals surface area contributed by atoms with Crippen LogP contribution in [0.5, 0.6) is 0 Å². The van der Waals surface area contributed by atoms with Crippen molar-refractivity contribution in [2.45, 2.75) is 19.0 Å². The summed E-state index contributed by atoms with van der Waals surface area (Å²) in [5.41, 5.74) is -2.03. The van der Waals surface area contributed by atoms with E-state index in [1.54, 1.807) is 13.0 Å². The van der Waals surface area contributed by atoms with E-state index in [0.717, 1.165) is 4.90 Å². The zero-order valence-corrected chi connectivity index (χ0v) is 13.6. The van der Waals surface area contributed by atoms with E-state index in [-0.39, 0.29) is 24.3 Å². The first-order valence-corrected chi connectivity index (χ1v) is 7.61. The first-order valence-electron chi connectivity index (χ1n) is 7.61. The number of halogens is 1. The Balaban J connectivity index is 1.88. The molecule has 1 aromatic heterocycles. The number of aliphatic carboxylic acids is 1. The quantitative estimate of drug-likeness (QED) is 0.636. The molecule has 1 saturated heterocycles. The number of carboxylic acids is 1.